The molecule has 0 saturated carbocycles. The summed E-state index contributed by atoms with van der Waals surface area (Å²) < 4.78 is 26.7. The number of rotatable bonds is 3. The predicted octanol–water partition coefficient (Wildman–Crippen LogP) is 1.60. The highest BCUT2D eigenvalue weighted by Gasteiger charge is 2.35. The summed E-state index contributed by atoms with van der Waals surface area (Å²) in [5, 5.41) is 18.6. The lowest BCUT2D eigenvalue weighted by Gasteiger charge is -2.36. The van der Waals surface area contributed by atoms with E-state index in [1.165, 1.54) is 10.4 Å². The number of thioether (sulfide) groups is 1. The summed E-state index contributed by atoms with van der Waals surface area (Å²) in [4.78, 5) is 10.9. The van der Waals surface area contributed by atoms with Crippen LogP contribution >= 0.6 is 11.8 Å². The molecule has 1 heterocycles. The van der Waals surface area contributed by atoms with Crippen molar-refractivity contribution in [1.29, 1.82) is 0 Å². The Morgan fingerprint density at radius 1 is 1.38 bits per heavy atom. The third-order valence-electron chi connectivity index (χ3n) is 3.63. The van der Waals surface area contributed by atoms with E-state index in [0.717, 1.165) is 12.1 Å². The fourth-order valence-corrected chi connectivity index (χ4v) is 5.25. The van der Waals surface area contributed by atoms with E-state index in [1.807, 2.05) is 13.8 Å². The minimum absolute atomic E-state index is 0.108. The van der Waals surface area contributed by atoms with Crippen molar-refractivity contribution in [2.75, 3.05) is 12.3 Å². The van der Waals surface area contributed by atoms with Crippen molar-refractivity contribution in [2.45, 2.75) is 30.0 Å². The number of carbonyl (C=O) groups is 1. The highest BCUT2D eigenvalue weighted by atomic mass is 32.2. The summed E-state index contributed by atoms with van der Waals surface area (Å²) in [5.74, 6) is -1.11. The van der Waals surface area contributed by atoms with Gasteiger partial charge in [-0.1, -0.05) is 6.92 Å². The second-order valence-corrected chi connectivity index (χ2v) is 8.29. The molecule has 0 aliphatic carbocycles. The number of sulfonamides is 1. The van der Waals surface area contributed by atoms with E-state index in [9.17, 15) is 18.3 Å². The smallest absolute Gasteiger partial charge is 0.339 e. The first-order valence-corrected chi connectivity index (χ1v) is 8.94. The Labute approximate surface area is 127 Å². The van der Waals surface area contributed by atoms with Crippen LogP contribution < -0.4 is 0 Å². The van der Waals surface area contributed by atoms with Gasteiger partial charge in [-0.3, -0.25) is 0 Å². The first kappa shape index (κ1) is 16.1. The maximum absolute atomic E-state index is 12.7. The molecule has 0 aromatic heterocycles. The molecule has 2 N–H and O–H groups in total. The molecule has 21 heavy (non-hydrogen) atoms. The van der Waals surface area contributed by atoms with E-state index in [4.69, 9.17) is 5.11 Å². The van der Waals surface area contributed by atoms with Gasteiger partial charge in [0.25, 0.3) is 0 Å². The molecule has 8 heteroatoms. The van der Waals surface area contributed by atoms with E-state index in [1.54, 1.807) is 11.8 Å². The lowest BCUT2D eigenvalue weighted by molar-refractivity contribution is 0.0693. The van der Waals surface area contributed by atoms with Crippen LogP contribution in [-0.2, 0) is 10.0 Å². The molecule has 1 saturated heterocycles. The first-order valence-electron chi connectivity index (χ1n) is 6.45. The van der Waals surface area contributed by atoms with Crippen LogP contribution in [0.2, 0.25) is 0 Å². The zero-order valence-corrected chi connectivity index (χ0v) is 13.3. The van der Waals surface area contributed by atoms with E-state index < -0.39 is 27.3 Å². The molecule has 0 spiro atoms. The number of carboxylic acid groups (broad SMARTS) is 1. The minimum Gasteiger partial charge on any atom is -0.507 e. The highest BCUT2D eigenvalue weighted by Crippen LogP contribution is 2.30. The molecule has 0 radical (unpaired) electrons. The van der Waals surface area contributed by atoms with Crippen molar-refractivity contribution in [3.05, 3.63) is 23.8 Å². The molecule has 116 valence electrons. The van der Waals surface area contributed by atoms with Gasteiger partial charge in [-0.15, -0.1) is 0 Å². The third-order valence-corrected chi connectivity index (χ3v) is 6.95. The Balaban J connectivity index is 2.44. The van der Waals surface area contributed by atoms with Gasteiger partial charge >= 0.3 is 5.97 Å². The van der Waals surface area contributed by atoms with Crippen LogP contribution in [0.4, 0.5) is 0 Å². The van der Waals surface area contributed by atoms with Crippen LogP contribution in [0.3, 0.4) is 0 Å². The van der Waals surface area contributed by atoms with Gasteiger partial charge in [-0.2, -0.15) is 16.1 Å². The molecule has 1 aromatic rings. The Kier molecular flexibility index (Phi) is 4.50. The second-order valence-electron chi connectivity index (χ2n) is 4.92. The van der Waals surface area contributed by atoms with Gasteiger partial charge in [-0.05, 0) is 25.1 Å². The Morgan fingerprint density at radius 3 is 2.67 bits per heavy atom. The third kappa shape index (κ3) is 3.02. The van der Waals surface area contributed by atoms with E-state index in [0.29, 0.717) is 12.3 Å². The van der Waals surface area contributed by atoms with Crippen molar-refractivity contribution in [3.63, 3.8) is 0 Å². The zero-order chi connectivity index (χ0) is 15.8. The monoisotopic (exact) mass is 331 g/mol. The zero-order valence-electron chi connectivity index (χ0n) is 11.7. The summed E-state index contributed by atoms with van der Waals surface area (Å²) >= 11 is 1.71. The van der Waals surface area contributed by atoms with E-state index in [2.05, 4.69) is 0 Å². The lowest BCUT2D eigenvalue weighted by atomic mass is 10.2. The largest absolute Gasteiger partial charge is 0.507 e. The van der Waals surface area contributed by atoms with Gasteiger partial charge in [-0.25, -0.2) is 13.2 Å². The van der Waals surface area contributed by atoms with Gasteiger partial charge in [0.05, 0.1) is 4.90 Å². The highest BCUT2D eigenvalue weighted by molar-refractivity contribution is 8.00. The Bertz CT molecular complexity index is 659. The van der Waals surface area contributed by atoms with Crippen LogP contribution in [-0.4, -0.2) is 52.5 Å². The first-order chi connectivity index (χ1) is 9.75. The van der Waals surface area contributed by atoms with Gasteiger partial charge in [0.15, 0.2) is 0 Å². The molecule has 2 unspecified atom stereocenters. The van der Waals surface area contributed by atoms with E-state index >= 15 is 0 Å². The van der Waals surface area contributed by atoms with Gasteiger partial charge in [0, 0.05) is 23.6 Å². The molecule has 2 rings (SSSR count). The second kappa shape index (κ2) is 5.86. The number of aromatic carboxylic acids is 1. The van der Waals surface area contributed by atoms with Crippen molar-refractivity contribution < 1.29 is 23.4 Å². The number of hydrogen-bond acceptors (Lipinski definition) is 5. The summed E-state index contributed by atoms with van der Waals surface area (Å²) in [7, 11) is -3.77. The standard InChI is InChI=1S/C13H17NO5S2/c1-8-9(2)20-6-5-14(8)21(18,19)10-3-4-12(15)11(7-10)13(16)17/h3-4,7-9,15H,5-6H2,1-2H3,(H,16,17). The number of phenols is 1. The van der Waals surface area contributed by atoms with Crippen LogP contribution in [0.15, 0.2) is 23.1 Å². The Hall–Kier alpha value is -1.25. The fraction of sp³-hybridized carbons (Fsp3) is 0.462. The summed E-state index contributed by atoms with van der Waals surface area (Å²) in [5.41, 5.74) is -0.414. The average molecular weight is 331 g/mol. The van der Waals surface area contributed by atoms with Crippen molar-refractivity contribution in [3.8, 4) is 5.75 Å². The quantitative estimate of drug-likeness (QED) is 0.874. The van der Waals surface area contributed by atoms with Crippen LogP contribution in [0, 0.1) is 0 Å². The maximum Gasteiger partial charge on any atom is 0.339 e. The number of nitrogens with zero attached hydrogens (tertiary/aromatic N) is 1. The molecule has 2 atom stereocenters. The van der Waals surface area contributed by atoms with Gasteiger partial charge in [0.1, 0.15) is 11.3 Å². The predicted molar refractivity (Wildman–Crippen MR) is 80.3 cm³/mol. The van der Waals surface area contributed by atoms with E-state index in [-0.39, 0.29) is 16.2 Å². The topological polar surface area (TPSA) is 94.9 Å². The van der Waals surface area contributed by atoms with Crippen molar-refractivity contribution in [2.24, 2.45) is 0 Å². The molecule has 1 aromatic carbocycles. The fourth-order valence-electron chi connectivity index (χ4n) is 2.23. The Morgan fingerprint density at radius 2 is 2.05 bits per heavy atom. The SMILES string of the molecule is CC1SCCN(S(=O)(=O)c2ccc(O)c(C(=O)O)c2)C1C. The number of hydrogen-bond donors (Lipinski definition) is 2. The summed E-state index contributed by atoms with van der Waals surface area (Å²) in [6.07, 6.45) is 0. The molecule has 1 aliphatic heterocycles. The molecule has 1 aliphatic rings. The maximum atomic E-state index is 12.7. The average Bonchev–Trinajstić information content (AvgIpc) is 2.41. The molecule has 0 bridgehead atoms. The summed E-state index contributed by atoms with van der Waals surface area (Å²) in [6.45, 7) is 4.20. The lowest BCUT2D eigenvalue weighted by Crippen LogP contribution is -2.47. The molecule has 0 amide bonds. The minimum atomic E-state index is -3.77. The number of aromatic hydroxyl groups is 1. The number of carboxylic acids is 1. The van der Waals surface area contributed by atoms with Gasteiger partial charge < -0.3 is 10.2 Å². The normalized spacial score (nSPS) is 23.9. The van der Waals surface area contributed by atoms with Crippen molar-refractivity contribution >= 4 is 27.8 Å². The molecule has 1 fully saturated rings. The van der Waals surface area contributed by atoms with Crippen molar-refractivity contribution in [1.82, 2.24) is 4.31 Å². The molecule has 6 nitrogen and oxygen atoms in total. The van der Waals surface area contributed by atoms with Crippen LogP contribution in [0.5, 0.6) is 5.75 Å². The molecular weight excluding hydrogens is 314 g/mol. The summed E-state index contributed by atoms with van der Waals surface area (Å²) in [6, 6.07) is 3.17. The van der Waals surface area contributed by atoms with Crippen LogP contribution in [0.25, 0.3) is 0 Å². The van der Waals surface area contributed by atoms with Gasteiger partial charge in [0.2, 0.25) is 10.0 Å². The van der Waals surface area contributed by atoms with Crippen LogP contribution in [0.1, 0.15) is 24.2 Å². The molecular formula is C13H17NO5S2. The number of benzene rings is 1.